The van der Waals surface area contributed by atoms with E-state index in [1.165, 1.54) is 23.1 Å². The minimum atomic E-state index is -0.0912. The Balaban J connectivity index is 1.73. The normalized spacial score (nSPS) is 10.7. The molecular weight excluding hydrogens is 332 g/mol. The molecule has 2 heterocycles. The first-order chi connectivity index (χ1) is 11.2. The van der Waals surface area contributed by atoms with E-state index in [1.807, 2.05) is 30.5 Å². The average Bonchev–Trinajstić information content (AvgIpc) is 3.25. The molecule has 0 aliphatic heterocycles. The zero-order valence-electron chi connectivity index (χ0n) is 12.6. The van der Waals surface area contributed by atoms with Crippen LogP contribution >= 0.6 is 23.1 Å². The molecule has 9 heteroatoms. The maximum absolute atomic E-state index is 12.4. The Morgan fingerprint density at radius 3 is 3.00 bits per heavy atom. The van der Waals surface area contributed by atoms with E-state index in [1.54, 1.807) is 17.3 Å². The van der Waals surface area contributed by atoms with Crippen LogP contribution in [0.3, 0.4) is 0 Å². The highest BCUT2D eigenvalue weighted by atomic mass is 32.2. The lowest BCUT2D eigenvalue weighted by molar-refractivity contribution is 0.0779. The van der Waals surface area contributed by atoms with Crippen molar-refractivity contribution in [2.24, 2.45) is 0 Å². The molecule has 0 aliphatic rings. The molecule has 1 N–H and O–H groups in total. The van der Waals surface area contributed by atoms with Crippen molar-refractivity contribution in [2.45, 2.75) is 10.9 Å². The molecule has 2 aromatic heterocycles. The second kappa shape index (κ2) is 6.88. The highest BCUT2D eigenvalue weighted by Gasteiger charge is 2.16. The zero-order valence-corrected chi connectivity index (χ0v) is 14.2. The van der Waals surface area contributed by atoms with Gasteiger partial charge >= 0.3 is 0 Å². The van der Waals surface area contributed by atoms with E-state index in [0.717, 1.165) is 15.5 Å². The highest BCUT2D eigenvalue weighted by molar-refractivity contribution is 8.00. The number of hydrogen-bond acceptors (Lipinski definition) is 7. The first-order valence-corrected chi connectivity index (χ1v) is 8.85. The van der Waals surface area contributed by atoms with Gasteiger partial charge < -0.3 is 4.90 Å². The predicted octanol–water partition coefficient (Wildman–Crippen LogP) is 2.32. The lowest BCUT2D eigenvalue weighted by atomic mass is 10.1. The molecule has 0 radical (unpaired) electrons. The fourth-order valence-electron chi connectivity index (χ4n) is 2.08. The second-order valence-electron chi connectivity index (χ2n) is 4.80. The van der Waals surface area contributed by atoms with Gasteiger partial charge in [0.1, 0.15) is 10.0 Å². The van der Waals surface area contributed by atoms with E-state index in [9.17, 15) is 4.79 Å². The largest absolute Gasteiger partial charge is 0.336 e. The summed E-state index contributed by atoms with van der Waals surface area (Å²) in [5.41, 5.74) is 2.33. The smallest absolute Gasteiger partial charge is 0.273 e. The van der Waals surface area contributed by atoms with Crippen LogP contribution in [0, 0.1) is 0 Å². The van der Waals surface area contributed by atoms with Crippen molar-refractivity contribution in [1.29, 1.82) is 0 Å². The Kier molecular flexibility index (Phi) is 4.68. The van der Waals surface area contributed by atoms with Crippen LogP contribution in [0.2, 0.25) is 0 Å². The molecule has 0 fully saturated rings. The Labute approximate surface area is 141 Å². The SMILES string of the molecule is CSc1nc(C(=O)N(C)Cc2cccc(-c3nn[nH]n3)c2)cs1. The molecule has 1 amide bonds. The maximum Gasteiger partial charge on any atom is 0.273 e. The van der Waals surface area contributed by atoms with E-state index in [0.29, 0.717) is 18.1 Å². The minimum absolute atomic E-state index is 0.0912. The average molecular weight is 346 g/mol. The number of rotatable bonds is 5. The van der Waals surface area contributed by atoms with Crippen LogP contribution in [0.4, 0.5) is 0 Å². The van der Waals surface area contributed by atoms with E-state index in [-0.39, 0.29) is 5.91 Å². The maximum atomic E-state index is 12.4. The number of amides is 1. The molecular formula is C14H14N6OS2. The van der Waals surface area contributed by atoms with Crippen molar-refractivity contribution >= 4 is 29.0 Å². The van der Waals surface area contributed by atoms with Crippen LogP contribution in [0.15, 0.2) is 34.0 Å². The number of aromatic nitrogens is 5. The van der Waals surface area contributed by atoms with Crippen LogP contribution in [-0.4, -0.2) is 49.7 Å². The Morgan fingerprint density at radius 2 is 2.30 bits per heavy atom. The fraction of sp³-hybridized carbons (Fsp3) is 0.214. The molecule has 0 spiro atoms. The number of aromatic amines is 1. The molecule has 3 rings (SSSR count). The Morgan fingerprint density at radius 1 is 1.43 bits per heavy atom. The van der Waals surface area contributed by atoms with E-state index in [2.05, 4.69) is 25.6 Å². The summed E-state index contributed by atoms with van der Waals surface area (Å²) >= 11 is 3.02. The summed E-state index contributed by atoms with van der Waals surface area (Å²) in [7, 11) is 1.77. The highest BCUT2D eigenvalue weighted by Crippen LogP contribution is 2.21. The van der Waals surface area contributed by atoms with E-state index < -0.39 is 0 Å². The number of nitrogens with zero attached hydrogens (tertiary/aromatic N) is 5. The molecule has 0 unspecified atom stereocenters. The van der Waals surface area contributed by atoms with Gasteiger partial charge in [-0.25, -0.2) is 4.98 Å². The number of thiazole rings is 1. The topological polar surface area (TPSA) is 87.7 Å². The Hall–Kier alpha value is -2.26. The van der Waals surface area contributed by atoms with Crippen molar-refractivity contribution < 1.29 is 4.79 Å². The zero-order chi connectivity index (χ0) is 16.2. The third-order valence-electron chi connectivity index (χ3n) is 3.17. The molecule has 3 aromatic rings. The van der Waals surface area contributed by atoms with Crippen LogP contribution in [0.5, 0.6) is 0 Å². The molecule has 1 aromatic carbocycles. The summed E-state index contributed by atoms with van der Waals surface area (Å²) in [6, 6.07) is 7.72. The van der Waals surface area contributed by atoms with Crippen LogP contribution in [0.1, 0.15) is 16.1 Å². The van der Waals surface area contributed by atoms with Crippen molar-refractivity contribution in [2.75, 3.05) is 13.3 Å². The van der Waals surface area contributed by atoms with Crippen molar-refractivity contribution in [3.63, 3.8) is 0 Å². The molecule has 118 valence electrons. The number of nitrogens with one attached hydrogen (secondary N) is 1. The summed E-state index contributed by atoms with van der Waals surface area (Å²) < 4.78 is 0.890. The lowest BCUT2D eigenvalue weighted by Crippen LogP contribution is -2.26. The Bertz CT molecular complexity index is 801. The van der Waals surface area contributed by atoms with Crippen LogP contribution < -0.4 is 0 Å². The van der Waals surface area contributed by atoms with Gasteiger partial charge in [-0.3, -0.25) is 4.79 Å². The lowest BCUT2D eigenvalue weighted by Gasteiger charge is -2.16. The van der Waals surface area contributed by atoms with Gasteiger partial charge in [-0.1, -0.05) is 30.0 Å². The predicted molar refractivity (Wildman–Crippen MR) is 89.3 cm³/mol. The number of tetrazole rings is 1. The van der Waals surface area contributed by atoms with Gasteiger partial charge in [0.25, 0.3) is 5.91 Å². The molecule has 0 bridgehead atoms. The van der Waals surface area contributed by atoms with Crippen LogP contribution in [-0.2, 0) is 6.54 Å². The van der Waals surface area contributed by atoms with Gasteiger partial charge in [-0.05, 0) is 23.1 Å². The monoisotopic (exact) mass is 346 g/mol. The van der Waals surface area contributed by atoms with Crippen molar-refractivity contribution in [3.8, 4) is 11.4 Å². The van der Waals surface area contributed by atoms with Gasteiger partial charge in [0.05, 0.1) is 0 Å². The molecule has 0 atom stereocenters. The molecule has 0 aliphatic carbocycles. The van der Waals surface area contributed by atoms with Gasteiger partial charge in [0.2, 0.25) is 5.82 Å². The summed E-state index contributed by atoms with van der Waals surface area (Å²) in [6.45, 7) is 0.483. The molecule has 23 heavy (non-hydrogen) atoms. The van der Waals surface area contributed by atoms with E-state index >= 15 is 0 Å². The quantitative estimate of drug-likeness (QED) is 0.713. The van der Waals surface area contributed by atoms with Crippen molar-refractivity contribution in [3.05, 3.63) is 40.9 Å². The minimum Gasteiger partial charge on any atom is -0.336 e. The number of carbonyl (C=O) groups excluding carboxylic acids is 1. The number of thioether (sulfide) groups is 1. The first-order valence-electron chi connectivity index (χ1n) is 6.75. The van der Waals surface area contributed by atoms with Crippen molar-refractivity contribution in [1.82, 2.24) is 30.5 Å². The van der Waals surface area contributed by atoms with E-state index in [4.69, 9.17) is 0 Å². The van der Waals surface area contributed by atoms with Gasteiger partial charge in [0, 0.05) is 24.5 Å². The van der Waals surface area contributed by atoms with Gasteiger partial charge in [-0.2, -0.15) is 5.21 Å². The number of H-pyrrole nitrogens is 1. The molecule has 0 saturated carbocycles. The second-order valence-corrected chi connectivity index (χ2v) is 6.71. The molecule has 7 nitrogen and oxygen atoms in total. The summed E-state index contributed by atoms with van der Waals surface area (Å²) in [5, 5.41) is 15.7. The van der Waals surface area contributed by atoms with Gasteiger partial charge in [0.15, 0.2) is 0 Å². The standard InChI is InChI=1S/C14H14N6OS2/c1-20(13(21)11-8-23-14(15-11)22-2)7-9-4-3-5-10(6-9)12-16-18-19-17-12/h3-6,8H,7H2,1-2H3,(H,16,17,18,19). The number of hydrogen-bond donors (Lipinski definition) is 1. The third-order valence-corrected chi connectivity index (χ3v) is 5.04. The molecule has 0 saturated heterocycles. The first kappa shape index (κ1) is 15.6. The summed E-state index contributed by atoms with van der Waals surface area (Å²) in [5.74, 6) is 0.441. The summed E-state index contributed by atoms with van der Waals surface area (Å²) in [6.07, 6.45) is 1.94. The van der Waals surface area contributed by atoms with Gasteiger partial charge in [-0.15, -0.1) is 21.5 Å². The fourth-order valence-corrected chi connectivity index (χ4v) is 3.32. The third kappa shape index (κ3) is 3.57. The summed E-state index contributed by atoms with van der Waals surface area (Å²) in [4.78, 5) is 18.4. The van der Waals surface area contributed by atoms with Crippen LogP contribution in [0.25, 0.3) is 11.4 Å². The number of benzene rings is 1. The number of carbonyl (C=O) groups is 1.